The average molecular weight is 258 g/mol. The van der Waals surface area contributed by atoms with Crippen LogP contribution in [-0.2, 0) is 11.2 Å². The van der Waals surface area contributed by atoms with Crippen LogP contribution in [0.5, 0.6) is 0 Å². The van der Waals surface area contributed by atoms with Gasteiger partial charge in [-0.25, -0.2) is 0 Å². The molecule has 3 rings (SSSR count). The van der Waals surface area contributed by atoms with E-state index >= 15 is 0 Å². The second kappa shape index (κ2) is 4.63. The lowest BCUT2D eigenvalue weighted by Gasteiger charge is -2.39. The molecule has 0 N–H and O–H groups in total. The topological polar surface area (TPSA) is 9.23 Å². The van der Waals surface area contributed by atoms with Crippen molar-refractivity contribution in [2.24, 2.45) is 16.7 Å². The van der Waals surface area contributed by atoms with E-state index in [1.807, 2.05) is 0 Å². The molecule has 2 aliphatic carbocycles. The van der Waals surface area contributed by atoms with Gasteiger partial charge in [-0.05, 0) is 48.0 Å². The Morgan fingerprint density at radius 1 is 1.16 bits per heavy atom. The van der Waals surface area contributed by atoms with Gasteiger partial charge in [0.2, 0.25) is 0 Å². The molecule has 2 fully saturated rings. The Labute approximate surface area is 117 Å². The van der Waals surface area contributed by atoms with Crippen molar-refractivity contribution < 1.29 is 4.74 Å². The first-order valence-electron chi connectivity index (χ1n) is 7.69. The fraction of sp³-hybridized carbons (Fsp3) is 0.667. The highest BCUT2D eigenvalue weighted by Gasteiger charge is 2.61. The van der Waals surface area contributed by atoms with Crippen molar-refractivity contribution in [3.63, 3.8) is 0 Å². The molecule has 2 aliphatic rings. The highest BCUT2D eigenvalue weighted by molar-refractivity contribution is 5.15. The quantitative estimate of drug-likeness (QED) is 0.774. The van der Waals surface area contributed by atoms with Gasteiger partial charge < -0.3 is 4.74 Å². The molecule has 2 saturated carbocycles. The zero-order valence-electron chi connectivity index (χ0n) is 12.5. The predicted octanol–water partition coefficient (Wildman–Crippen LogP) is 4.46. The molecule has 0 spiro atoms. The van der Waals surface area contributed by atoms with Gasteiger partial charge in [0.1, 0.15) is 0 Å². The Morgan fingerprint density at radius 2 is 1.89 bits per heavy atom. The van der Waals surface area contributed by atoms with Crippen LogP contribution in [0.1, 0.15) is 45.6 Å². The van der Waals surface area contributed by atoms with Crippen molar-refractivity contribution in [2.45, 2.75) is 52.6 Å². The van der Waals surface area contributed by atoms with Crippen LogP contribution in [0, 0.1) is 16.7 Å². The van der Waals surface area contributed by atoms with E-state index in [-0.39, 0.29) is 0 Å². The zero-order chi connectivity index (χ0) is 13.5. The summed E-state index contributed by atoms with van der Waals surface area (Å²) in [5.41, 5.74) is 2.24. The fourth-order valence-corrected chi connectivity index (χ4v) is 4.35. The van der Waals surface area contributed by atoms with E-state index in [0.29, 0.717) is 16.9 Å². The molecular formula is C18H26O. The molecular weight excluding hydrogens is 232 g/mol. The van der Waals surface area contributed by atoms with Crippen LogP contribution in [-0.4, -0.2) is 12.7 Å². The number of hydrogen-bond donors (Lipinski definition) is 0. The smallest absolute Gasteiger partial charge is 0.0636 e. The minimum atomic E-state index is 0.397. The Hall–Kier alpha value is -0.820. The van der Waals surface area contributed by atoms with Crippen LogP contribution in [0.3, 0.4) is 0 Å². The van der Waals surface area contributed by atoms with Crippen LogP contribution in [0.15, 0.2) is 30.3 Å². The lowest BCUT2D eigenvalue weighted by atomic mass is 9.70. The molecule has 0 saturated heterocycles. The van der Waals surface area contributed by atoms with Gasteiger partial charge in [0, 0.05) is 0 Å². The molecule has 0 heterocycles. The van der Waals surface area contributed by atoms with Crippen LogP contribution in [0.2, 0.25) is 0 Å². The minimum absolute atomic E-state index is 0.397. The molecule has 19 heavy (non-hydrogen) atoms. The highest BCUT2D eigenvalue weighted by atomic mass is 16.5. The van der Waals surface area contributed by atoms with E-state index in [4.69, 9.17) is 4.74 Å². The minimum Gasteiger partial charge on any atom is -0.377 e. The standard InChI is InChI=1S/C18H26O/c1-17(2)15-9-11-18(17,3)16(13-15)19-12-10-14-7-5-4-6-8-14/h4-8,15-16H,9-13H2,1-3H3/t15-,16-,18+/m1/s1. The number of rotatable bonds is 4. The number of benzene rings is 1. The Morgan fingerprint density at radius 3 is 2.47 bits per heavy atom. The molecule has 1 aromatic rings. The molecule has 0 unspecified atom stereocenters. The van der Waals surface area contributed by atoms with E-state index in [1.54, 1.807) is 0 Å². The first kappa shape index (κ1) is 13.2. The Kier molecular flexibility index (Phi) is 3.21. The summed E-state index contributed by atoms with van der Waals surface area (Å²) in [5.74, 6) is 0.874. The summed E-state index contributed by atoms with van der Waals surface area (Å²) >= 11 is 0. The number of fused-ring (bicyclic) bond motifs is 2. The van der Waals surface area contributed by atoms with Crippen molar-refractivity contribution in [3.8, 4) is 0 Å². The van der Waals surface area contributed by atoms with Gasteiger partial charge in [-0.15, -0.1) is 0 Å². The van der Waals surface area contributed by atoms with Gasteiger partial charge in [0.05, 0.1) is 12.7 Å². The largest absolute Gasteiger partial charge is 0.377 e. The molecule has 1 heteroatoms. The average Bonchev–Trinajstić information content (AvgIpc) is 2.73. The van der Waals surface area contributed by atoms with E-state index in [1.165, 1.54) is 24.8 Å². The molecule has 1 aromatic carbocycles. The third-order valence-corrected chi connectivity index (χ3v) is 6.27. The van der Waals surface area contributed by atoms with E-state index in [2.05, 4.69) is 51.1 Å². The second-order valence-electron chi connectivity index (χ2n) is 7.21. The van der Waals surface area contributed by atoms with Gasteiger partial charge >= 0.3 is 0 Å². The summed E-state index contributed by atoms with van der Waals surface area (Å²) in [4.78, 5) is 0. The molecule has 0 amide bonds. The summed E-state index contributed by atoms with van der Waals surface area (Å²) in [7, 11) is 0. The number of hydrogen-bond acceptors (Lipinski definition) is 1. The molecule has 3 atom stereocenters. The summed E-state index contributed by atoms with van der Waals surface area (Å²) < 4.78 is 6.28. The lowest BCUT2D eigenvalue weighted by Crippen LogP contribution is -2.37. The van der Waals surface area contributed by atoms with Crippen LogP contribution in [0.25, 0.3) is 0 Å². The first-order chi connectivity index (χ1) is 9.04. The highest BCUT2D eigenvalue weighted by Crippen LogP contribution is 2.66. The van der Waals surface area contributed by atoms with Gasteiger partial charge in [-0.1, -0.05) is 51.1 Å². The third kappa shape index (κ3) is 2.03. The summed E-state index contributed by atoms with van der Waals surface area (Å²) in [6.45, 7) is 8.22. The van der Waals surface area contributed by atoms with Crippen LogP contribution < -0.4 is 0 Å². The van der Waals surface area contributed by atoms with Gasteiger partial charge in [0.25, 0.3) is 0 Å². The van der Waals surface area contributed by atoms with Crippen LogP contribution >= 0.6 is 0 Å². The fourth-order valence-electron chi connectivity index (χ4n) is 4.35. The maximum absolute atomic E-state index is 6.28. The van der Waals surface area contributed by atoms with E-state index in [0.717, 1.165) is 18.9 Å². The normalized spacial score (nSPS) is 35.7. The summed E-state index contributed by atoms with van der Waals surface area (Å²) in [6.07, 6.45) is 5.55. The lowest BCUT2D eigenvalue weighted by molar-refractivity contribution is -0.0452. The Balaban J connectivity index is 1.58. The van der Waals surface area contributed by atoms with Crippen molar-refractivity contribution in [2.75, 3.05) is 6.61 Å². The molecule has 2 bridgehead atoms. The van der Waals surface area contributed by atoms with Gasteiger partial charge in [-0.3, -0.25) is 0 Å². The summed E-state index contributed by atoms with van der Waals surface area (Å²) in [5, 5.41) is 0. The zero-order valence-corrected chi connectivity index (χ0v) is 12.5. The second-order valence-corrected chi connectivity index (χ2v) is 7.21. The van der Waals surface area contributed by atoms with E-state index < -0.39 is 0 Å². The van der Waals surface area contributed by atoms with Gasteiger partial charge in [-0.2, -0.15) is 0 Å². The molecule has 0 aliphatic heterocycles. The molecule has 0 aromatic heterocycles. The molecule has 104 valence electrons. The van der Waals surface area contributed by atoms with Crippen molar-refractivity contribution in [1.82, 2.24) is 0 Å². The van der Waals surface area contributed by atoms with E-state index in [9.17, 15) is 0 Å². The van der Waals surface area contributed by atoms with Crippen molar-refractivity contribution in [3.05, 3.63) is 35.9 Å². The first-order valence-corrected chi connectivity index (χ1v) is 7.69. The van der Waals surface area contributed by atoms with Crippen molar-refractivity contribution >= 4 is 0 Å². The predicted molar refractivity (Wildman–Crippen MR) is 79.1 cm³/mol. The van der Waals surface area contributed by atoms with Crippen LogP contribution in [0.4, 0.5) is 0 Å². The summed E-state index contributed by atoms with van der Waals surface area (Å²) in [6, 6.07) is 10.7. The maximum Gasteiger partial charge on any atom is 0.0636 e. The van der Waals surface area contributed by atoms with Crippen molar-refractivity contribution in [1.29, 1.82) is 0 Å². The Bertz CT molecular complexity index is 436. The van der Waals surface area contributed by atoms with Gasteiger partial charge in [0.15, 0.2) is 0 Å². The third-order valence-electron chi connectivity index (χ3n) is 6.27. The molecule has 1 nitrogen and oxygen atoms in total. The molecule has 0 radical (unpaired) electrons. The monoisotopic (exact) mass is 258 g/mol. The number of ether oxygens (including phenoxy) is 1. The maximum atomic E-state index is 6.28. The SMILES string of the molecule is CC1(C)[C@@H]2CC[C@@]1(C)[C@H](OCCc1ccccc1)C2.